The smallest absolute Gasteiger partial charge is 0.294 e. The molecule has 0 amide bonds. The van der Waals surface area contributed by atoms with Gasteiger partial charge in [-0.05, 0) is 0 Å². The Morgan fingerprint density at radius 1 is 1.38 bits per heavy atom. The van der Waals surface area contributed by atoms with Crippen LogP contribution in [0.3, 0.4) is 0 Å². The zero-order valence-corrected chi connectivity index (χ0v) is 5.97. The summed E-state index contributed by atoms with van der Waals surface area (Å²) in [5, 5.41) is 0. The van der Waals surface area contributed by atoms with Crippen molar-refractivity contribution in [1.82, 2.24) is 0 Å². The van der Waals surface area contributed by atoms with E-state index in [0.29, 0.717) is 10.4 Å². The van der Waals surface area contributed by atoms with Gasteiger partial charge in [0.05, 0.1) is 21.1 Å². The van der Waals surface area contributed by atoms with Crippen LogP contribution in [0.2, 0.25) is 0 Å². The highest BCUT2D eigenvalue weighted by Gasteiger charge is 2.10. The molecule has 0 saturated heterocycles. The third-order valence-electron chi connectivity index (χ3n) is 0.916. The number of hydrogen-bond donors (Lipinski definition) is 1. The van der Waals surface area contributed by atoms with E-state index in [4.69, 9.17) is 5.73 Å². The lowest BCUT2D eigenvalue weighted by atomic mass is 10.7. The maximum absolute atomic E-state index is 5.47. The van der Waals surface area contributed by atoms with Crippen LogP contribution in [-0.2, 0) is 0 Å². The van der Waals surface area contributed by atoms with Gasteiger partial charge in [0.2, 0.25) is 0 Å². The third kappa shape index (κ3) is 1.93. The number of rotatable bonds is 0. The van der Waals surface area contributed by atoms with Crippen LogP contribution in [0.15, 0.2) is 4.99 Å². The molecule has 8 heavy (non-hydrogen) atoms. The summed E-state index contributed by atoms with van der Waals surface area (Å²) in [4.78, 5) is 3.83. The lowest BCUT2D eigenvalue weighted by molar-refractivity contribution is -0.778. The van der Waals surface area contributed by atoms with E-state index >= 15 is 0 Å². The predicted octanol–water partition coefficient (Wildman–Crippen LogP) is -0.363. The number of aliphatic imine (C=N–C) groups is 1. The number of guanidine groups is 1. The summed E-state index contributed by atoms with van der Waals surface area (Å²) in [6, 6.07) is 0. The van der Waals surface area contributed by atoms with Gasteiger partial charge in [0.15, 0.2) is 0 Å². The molecule has 3 nitrogen and oxygen atoms in total. The van der Waals surface area contributed by atoms with Crippen molar-refractivity contribution < 1.29 is 4.48 Å². The van der Waals surface area contributed by atoms with E-state index in [-0.39, 0.29) is 0 Å². The van der Waals surface area contributed by atoms with Crippen molar-refractivity contribution in [1.29, 1.82) is 0 Å². The van der Waals surface area contributed by atoms with Crippen molar-refractivity contribution >= 4 is 5.96 Å². The summed E-state index contributed by atoms with van der Waals surface area (Å²) in [6.45, 7) is 0. The standard InChI is InChI=1S/C5H14N3/c1-7-5(6)8(2,3)4/h1-4H3,(H2,6,7)/q+1. The van der Waals surface area contributed by atoms with Gasteiger partial charge in [-0.1, -0.05) is 0 Å². The topological polar surface area (TPSA) is 38.4 Å². The van der Waals surface area contributed by atoms with Crippen LogP contribution in [0.5, 0.6) is 0 Å². The highest BCUT2D eigenvalue weighted by atomic mass is 15.4. The molecule has 0 heterocycles. The van der Waals surface area contributed by atoms with Crippen LogP contribution in [-0.4, -0.2) is 38.6 Å². The molecular formula is C5H14N3+. The number of nitrogens with two attached hydrogens (primary N) is 1. The van der Waals surface area contributed by atoms with Gasteiger partial charge in [-0.15, -0.1) is 0 Å². The first-order valence-electron chi connectivity index (χ1n) is 2.52. The van der Waals surface area contributed by atoms with Crippen LogP contribution in [0.25, 0.3) is 0 Å². The molecule has 0 unspecified atom stereocenters. The molecule has 0 radical (unpaired) electrons. The first kappa shape index (κ1) is 7.43. The highest BCUT2D eigenvalue weighted by molar-refractivity contribution is 5.70. The van der Waals surface area contributed by atoms with Crippen LogP contribution < -0.4 is 5.73 Å². The minimum Gasteiger partial charge on any atom is -0.338 e. The zero-order valence-electron chi connectivity index (χ0n) is 5.97. The molecule has 0 fully saturated rings. The maximum Gasteiger partial charge on any atom is 0.294 e. The number of hydrogen-bond acceptors (Lipinski definition) is 1. The Morgan fingerprint density at radius 2 is 1.75 bits per heavy atom. The minimum absolute atomic E-state index is 0.608. The molecule has 0 aromatic rings. The second-order valence-corrected chi connectivity index (χ2v) is 2.59. The lowest BCUT2D eigenvalue weighted by Gasteiger charge is -2.20. The monoisotopic (exact) mass is 116 g/mol. The highest BCUT2D eigenvalue weighted by Crippen LogP contribution is 1.86. The third-order valence-corrected chi connectivity index (χ3v) is 0.916. The molecule has 2 N–H and O–H groups in total. The number of nitrogens with zero attached hydrogens (tertiary/aromatic N) is 2. The Hall–Kier alpha value is -0.570. The lowest BCUT2D eigenvalue weighted by Crippen LogP contribution is -2.46. The molecular weight excluding hydrogens is 102 g/mol. The van der Waals surface area contributed by atoms with Crippen molar-refractivity contribution in [2.45, 2.75) is 0 Å². The number of quaternary nitrogens is 1. The SMILES string of the molecule is C/N=C(\N)[N+](C)(C)C. The second-order valence-electron chi connectivity index (χ2n) is 2.59. The van der Waals surface area contributed by atoms with Gasteiger partial charge in [0, 0.05) is 7.05 Å². The van der Waals surface area contributed by atoms with E-state index in [9.17, 15) is 0 Å². The minimum atomic E-state index is 0.608. The fraction of sp³-hybridized carbons (Fsp3) is 0.800. The molecule has 0 aliphatic heterocycles. The second kappa shape index (κ2) is 2.13. The van der Waals surface area contributed by atoms with Gasteiger partial charge in [0.1, 0.15) is 0 Å². The Labute approximate surface area is 50.4 Å². The average molecular weight is 116 g/mol. The van der Waals surface area contributed by atoms with E-state index in [1.165, 1.54) is 0 Å². The first-order valence-corrected chi connectivity index (χ1v) is 2.52. The van der Waals surface area contributed by atoms with Gasteiger partial charge in [-0.25, -0.2) is 4.99 Å². The largest absolute Gasteiger partial charge is 0.338 e. The van der Waals surface area contributed by atoms with Crippen molar-refractivity contribution in [3.8, 4) is 0 Å². The molecule has 48 valence electrons. The molecule has 0 aromatic carbocycles. The van der Waals surface area contributed by atoms with Crippen LogP contribution >= 0.6 is 0 Å². The fourth-order valence-electron chi connectivity index (χ4n) is 0.300. The summed E-state index contributed by atoms with van der Waals surface area (Å²) in [6.07, 6.45) is 0. The Balaban J connectivity index is 4.03. The molecule has 0 spiro atoms. The normalized spacial score (nSPS) is 14.2. The van der Waals surface area contributed by atoms with Crippen LogP contribution in [0.1, 0.15) is 0 Å². The van der Waals surface area contributed by atoms with E-state index in [1.54, 1.807) is 7.05 Å². The van der Waals surface area contributed by atoms with Gasteiger partial charge in [-0.2, -0.15) is 0 Å². The van der Waals surface area contributed by atoms with E-state index in [2.05, 4.69) is 4.99 Å². The maximum atomic E-state index is 5.47. The van der Waals surface area contributed by atoms with Gasteiger partial charge >= 0.3 is 0 Å². The van der Waals surface area contributed by atoms with Gasteiger partial charge in [0.25, 0.3) is 5.96 Å². The van der Waals surface area contributed by atoms with Crippen LogP contribution in [0, 0.1) is 0 Å². The van der Waals surface area contributed by atoms with Crippen molar-refractivity contribution in [2.75, 3.05) is 28.2 Å². The fourth-order valence-corrected chi connectivity index (χ4v) is 0.300. The molecule has 0 atom stereocenters. The zero-order chi connectivity index (χ0) is 6.78. The van der Waals surface area contributed by atoms with Crippen molar-refractivity contribution in [2.24, 2.45) is 10.7 Å². The molecule has 0 aliphatic rings. The summed E-state index contributed by atoms with van der Waals surface area (Å²) < 4.78 is 0.608. The summed E-state index contributed by atoms with van der Waals surface area (Å²) in [7, 11) is 7.62. The van der Waals surface area contributed by atoms with E-state index < -0.39 is 0 Å². The van der Waals surface area contributed by atoms with Crippen molar-refractivity contribution in [3.05, 3.63) is 0 Å². The Kier molecular flexibility index (Phi) is 1.98. The summed E-state index contributed by atoms with van der Waals surface area (Å²) >= 11 is 0. The van der Waals surface area contributed by atoms with Gasteiger partial charge < -0.3 is 5.73 Å². The molecule has 0 rings (SSSR count). The predicted molar refractivity (Wildman–Crippen MR) is 35.6 cm³/mol. The molecule has 0 saturated carbocycles. The first-order chi connectivity index (χ1) is 3.48. The Morgan fingerprint density at radius 3 is 1.75 bits per heavy atom. The van der Waals surface area contributed by atoms with Crippen LogP contribution in [0.4, 0.5) is 0 Å². The Bertz CT molecular complexity index is 98.7. The average Bonchev–Trinajstić information content (AvgIpc) is 1.62. The van der Waals surface area contributed by atoms with E-state index in [0.717, 1.165) is 0 Å². The van der Waals surface area contributed by atoms with Gasteiger partial charge in [-0.3, -0.25) is 4.48 Å². The van der Waals surface area contributed by atoms with Crippen molar-refractivity contribution in [3.63, 3.8) is 0 Å². The molecule has 0 aromatic heterocycles. The summed E-state index contributed by atoms with van der Waals surface area (Å²) in [5.74, 6) is 0.644. The summed E-state index contributed by atoms with van der Waals surface area (Å²) in [5.41, 5.74) is 5.47. The molecule has 3 heteroatoms. The van der Waals surface area contributed by atoms with E-state index in [1.807, 2.05) is 21.1 Å². The molecule has 0 bridgehead atoms. The molecule has 0 aliphatic carbocycles. The quantitative estimate of drug-likeness (QED) is 0.262.